The smallest absolute Gasteiger partial charge is 0.201 e. The van der Waals surface area contributed by atoms with Gasteiger partial charge in [-0.2, -0.15) is 4.98 Å². The van der Waals surface area contributed by atoms with Crippen molar-refractivity contribution < 1.29 is 0 Å². The van der Waals surface area contributed by atoms with Gasteiger partial charge >= 0.3 is 0 Å². The molecule has 0 aliphatic rings. The van der Waals surface area contributed by atoms with Crippen molar-refractivity contribution in [3.63, 3.8) is 0 Å². The van der Waals surface area contributed by atoms with E-state index in [9.17, 15) is 0 Å². The Morgan fingerprint density at radius 1 is 1.00 bits per heavy atom. The second-order valence-electron chi connectivity index (χ2n) is 2.92. The molecule has 0 saturated heterocycles. The Labute approximate surface area is 125 Å². The summed E-state index contributed by atoms with van der Waals surface area (Å²) in [6.07, 6.45) is 0. The van der Waals surface area contributed by atoms with E-state index in [1.165, 1.54) is 0 Å². The summed E-state index contributed by atoms with van der Waals surface area (Å²) in [7, 11) is 1.93. The van der Waals surface area contributed by atoms with Gasteiger partial charge in [-0.15, -0.1) is 0 Å². The maximum absolute atomic E-state index is 4.22. The monoisotopic (exact) mass is 472 g/mol. The van der Waals surface area contributed by atoms with Gasteiger partial charge in [-0.3, -0.25) is 0 Å². The van der Waals surface area contributed by atoms with Crippen LogP contribution in [0.5, 0.6) is 0 Å². The van der Waals surface area contributed by atoms with Gasteiger partial charge in [-0.25, -0.2) is 9.97 Å². The number of hydrogen-bond acceptors (Lipinski definition) is 3. The Hall–Kier alpha value is 0.210. The Morgan fingerprint density at radius 3 is 2.00 bits per heavy atom. The minimum absolute atomic E-state index is 0.498. The summed E-state index contributed by atoms with van der Waals surface area (Å²) < 4.78 is 4.83. The molecule has 2 aromatic heterocycles. The van der Waals surface area contributed by atoms with Crippen molar-refractivity contribution >= 4 is 63.7 Å². The summed E-state index contributed by atoms with van der Waals surface area (Å²) in [5.41, 5.74) is 0.891. The molecule has 0 aromatic carbocycles. The van der Waals surface area contributed by atoms with Gasteiger partial charge in [-0.1, -0.05) is 0 Å². The molecule has 0 N–H and O–H groups in total. The van der Waals surface area contributed by atoms with Crippen LogP contribution in [-0.2, 0) is 7.05 Å². The molecule has 2 aromatic rings. The highest BCUT2D eigenvalue weighted by molar-refractivity contribution is 9.13. The summed E-state index contributed by atoms with van der Waals surface area (Å²) in [5, 5.41) is 0. The van der Waals surface area contributed by atoms with Crippen molar-refractivity contribution in [1.29, 1.82) is 0 Å². The lowest BCUT2D eigenvalue weighted by Crippen LogP contribution is -1.99. The molecule has 0 radical (unpaired) electrons. The second kappa shape index (κ2) is 4.83. The zero-order chi connectivity index (χ0) is 11.9. The highest BCUT2D eigenvalue weighted by Crippen LogP contribution is 2.31. The Bertz CT molecular complexity index is 531. The summed E-state index contributed by atoms with van der Waals surface area (Å²) in [6, 6.07) is 1.94. The first-order valence-electron chi connectivity index (χ1n) is 4.07. The molecular formula is C8H4Br4N4. The van der Waals surface area contributed by atoms with Crippen LogP contribution in [0.4, 0.5) is 0 Å². The van der Waals surface area contributed by atoms with E-state index in [1.54, 1.807) is 0 Å². The summed E-state index contributed by atoms with van der Waals surface area (Å²) in [6.45, 7) is 0. The summed E-state index contributed by atoms with van der Waals surface area (Å²) in [4.78, 5) is 12.4. The summed E-state index contributed by atoms with van der Waals surface area (Å²) in [5.74, 6) is 0.600. The highest BCUT2D eigenvalue weighted by atomic mass is 79.9. The molecule has 2 rings (SSSR count). The molecule has 0 spiro atoms. The van der Waals surface area contributed by atoms with Crippen molar-refractivity contribution in [2.45, 2.75) is 0 Å². The van der Waals surface area contributed by atoms with Crippen molar-refractivity contribution in [3.05, 3.63) is 24.6 Å². The fraction of sp³-hybridized carbons (Fsp3) is 0.125. The molecule has 0 amide bonds. The molecule has 8 heteroatoms. The van der Waals surface area contributed by atoms with Gasteiger partial charge in [0.1, 0.15) is 0 Å². The maximum atomic E-state index is 4.22. The van der Waals surface area contributed by atoms with Gasteiger partial charge in [-0.05, 0) is 69.8 Å². The van der Waals surface area contributed by atoms with Gasteiger partial charge in [0, 0.05) is 7.05 Å². The normalized spacial score (nSPS) is 10.8. The first-order valence-corrected chi connectivity index (χ1v) is 7.24. The van der Waals surface area contributed by atoms with Gasteiger partial charge in [0.05, 0.1) is 14.8 Å². The Balaban J connectivity index is 2.62. The molecule has 0 aliphatic heterocycles. The van der Waals surface area contributed by atoms with Crippen LogP contribution in [0.2, 0.25) is 0 Å². The predicted octanol–water partition coefficient (Wildman–Crippen LogP) is 3.93. The number of nitrogens with zero attached hydrogens (tertiary/aromatic N) is 4. The van der Waals surface area contributed by atoms with Crippen molar-refractivity contribution in [1.82, 2.24) is 19.5 Å². The first-order chi connectivity index (χ1) is 7.49. The Morgan fingerprint density at radius 2 is 1.56 bits per heavy atom. The third kappa shape index (κ3) is 2.39. The Kier molecular flexibility index (Phi) is 3.82. The molecule has 0 aliphatic carbocycles. The third-order valence-corrected chi connectivity index (χ3v) is 4.73. The molecular weight excluding hydrogens is 472 g/mol. The number of halogens is 4. The molecule has 2 heterocycles. The van der Waals surface area contributed by atoms with Gasteiger partial charge in [0.25, 0.3) is 0 Å². The third-order valence-electron chi connectivity index (χ3n) is 1.93. The topological polar surface area (TPSA) is 43.6 Å². The number of rotatable bonds is 1. The second-order valence-corrected chi connectivity index (χ2v) is 5.95. The van der Waals surface area contributed by atoms with E-state index < -0.39 is 0 Å². The zero-order valence-corrected chi connectivity index (χ0v) is 14.2. The van der Waals surface area contributed by atoms with Crippen molar-refractivity contribution in [2.75, 3.05) is 0 Å². The largest absolute Gasteiger partial charge is 0.335 e. The zero-order valence-electron chi connectivity index (χ0n) is 7.88. The quantitative estimate of drug-likeness (QED) is 0.628. The van der Waals surface area contributed by atoms with E-state index in [0.29, 0.717) is 15.3 Å². The van der Waals surface area contributed by atoms with E-state index >= 15 is 0 Å². The van der Waals surface area contributed by atoms with Crippen molar-refractivity contribution in [2.24, 2.45) is 7.05 Å². The van der Waals surface area contributed by atoms with E-state index in [2.05, 4.69) is 78.7 Å². The van der Waals surface area contributed by atoms with Crippen LogP contribution in [0, 0.1) is 0 Å². The van der Waals surface area contributed by atoms with Crippen LogP contribution in [0.3, 0.4) is 0 Å². The molecule has 0 bridgehead atoms. The average Bonchev–Trinajstić information content (AvgIpc) is 2.44. The molecule has 16 heavy (non-hydrogen) atoms. The lowest BCUT2D eigenvalue weighted by Gasteiger charge is -2.03. The van der Waals surface area contributed by atoms with E-state index in [-0.39, 0.29) is 0 Å². The van der Waals surface area contributed by atoms with Crippen LogP contribution in [0.25, 0.3) is 11.5 Å². The van der Waals surface area contributed by atoms with Crippen LogP contribution >= 0.6 is 63.7 Å². The van der Waals surface area contributed by atoms with Gasteiger partial charge in [0.15, 0.2) is 5.82 Å². The number of aromatic nitrogens is 4. The lowest BCUT2D eigenvalue weighted by molar-refractivity contribution is 0.880. The van der Waals surface area contributed by atoms with Crippen LogP contribution < -0.4 is 0 Å². The average molecular weight is 476 g/mol. The molecule has 0 unspecified atom stereocenters. The first kappa shape index (κ1) is 12.7. The van der Waals surface area contributed by atoms with Gasteiger partial charge in [0.2, 0.25) is 9.47 Å². The SMILES string of the molecule is Cn1c(-c2nc(Br)nc(Br)n2)cc(Br)c1Br. The molecule has 0 saturated carbocycles. The lowest BCUT2D eigenvalue weighted by atomic mass is 10.4. The van der Waals surface area contributed by atoms with E-state index in [4.69, 9.17) is 0 Å². The molecule has 84 valence electrons. The minimum Gasteiger partial charge on any atom is -0.335 e. The van der Waals surface area contributed by atoms with E-state index in [1.807, 2.05) is 17.7 Å². The summed E-state index contributed by atoms with van der Waals surface area (Å²) >= 11 is 13.4. The predicted molar refractivity (Wildman–Crippen MR) is 75.0 cm³/mol. The molecule has 4 nitrogen and oxygen atoms in total. The highest BCUT2D eigenvalue weighted by Gasteiger charge is 2.13. The fourth-order valence-electron chi connectivity index (χ4n) is 1.20. The minimum atomic E-state index is 0.498. The number of hydrogen-bond donors (Lipinski definition) is 0. The van der Waals surface area contributed by atoms with Crippen LogP contribution in [-0.4, -0.2) is 19.5 Å². The van der Waals surface area contributed by atoms with Crippen LogP contribution in [0.15, 0.2) is 24.6 Å². The standard InChI is InChI=1S/C8H4Br4N4/c1-16-4(2-3(9)5(16)10)6-13-7(11)15-8(12)14-6/h2H,1H3. The van der Waals surface area contributed by atoms with Crippen LogP contribution in [0.1, 0.15) is 0 Å². The van der Waals surface area contributed by atoms with E-state index in [0.717, 1.165) is 14.8 Å². The molecule has 0 fully saturated rings. The maximum Gasteiger partial charge on any atom is 0.201 e. The molecule has 0 atom stereocenters. The fourth-order valence-corrected chi connectivity index (χ4v) is 2.90. The van der Waals surface area contributed by atoms with Crippen molar-refractivity contribution in [3.8, 4) is 11.5 Å². The van der Waals surface area contributed by atoms with Gasteiger partial charge < -0.3 is 4.57 Å².